The molecule has 1 amide bonds. The molecule has 3 fully saturated rings. The quantitative estimate of drug-likeness (QED) is 0.629. The van der Waals surface area contributed by atoms with Crippen LogP contribution in [0.15, 0.2) is 18.2 Å². The summed E-state index contributed by atoms with van der Waals surface area (Å²) >= 11 is 5.48. The van der Waals surface area contributed by atoms with Crippen molar-refractivity contribution >= 4 is 29.1 Å². The highest BCUT2D eigenvalue weighted by atomic mass is 32.1. The zero-order valence-electron chi connectivity index (χ0n) is 17.6. The molecule has 1 aromatic rings. The van der Waals surface area contributed by atoms with Gasteiger partial charge in [-0.15, -0.1) is 0 Å². The molecule has 1 aromatic carbocycles. The summed E-state index contributed by atoms with van der Waals surface area (Å²) in [6.07, 6.45) is 4.37. The summed E-state index contributed by atoms with van der Waals surface area (Å²) in [5.74, 6) is 0. The van der Waals surface area contributed by atoms with Crippen molar-refractivity contribution in [1.82, 2.24) is 10.6 Å². The van der Waals surface area contributed by atoms with E-state index in [1.807, 2.05) is 0 Å². The molecule has 3 N–H and O–H groups in total. The minimum Gasteiger partial charge on any atom is -0.441 e. The molecular weight excluding hydrogens is 402 g/mol. The third kappa shape index (κ3) is 5.22. The Kier molecular flexibility index (Phi) is 6.75. The lowest BCUT2D eigenvalue weighted by Crippen LogP contribution is -2.46. The number of amides is 1. The van der Waals surface area contributed by atoms with Crippen LogP contribution < -0.4 is 16.0 Å². The predicted octanol–water partition coefficient (Wildman–Crippen LogP) is 3.18. The van der Waals surface area contributed by atoms with Gasteiger partial charge in [0.1, 0.15) is 12.2 Å². The van der Waals surface area contributed by atoms with Crippen molar-refractivity contribution < 1.29 is 19.0 Å². The summed E-state index contributed by atoms with van der Waals surface area (Å²) in [5.41, 5.74) is 3.30. The lowest BCUT2D eigenvalue weighted by Gasteiger charge is -2.24. The number of rotatable bonds is 4. The Morgan fingerprint density at radius 3 is 2.43 bits per heavy atom. The molecule has 164 valence electrons. The van der Waals surface area contributed by atoms with Crippen molar-refractivity contribution in [2.24, 2.45) is 0 Å². The minimum atomic E-state index is -0.397. The lowest BCUT2D eigenvalue weighted by molar-refractivity contribution is 0.00277. The maximum atomic E-state index is 12.3. The van der Waals surface area contributed by atoms with Crippen LogP contribution in [0.3, 0.4) is 0 Å². The van der Waals surface area contributed by atoms with Gasteiger partial charge in [0.25, 0.3) is 0 Å². The first-order valence-electron chi connectivity index (χ1n) is 10.8. The smallest absolute Gasteiger partial charge is 0.407 e. The molecule has 4 rings (SSSR count). The number of hydrogen-bond donors (Lipinski definition) is 3. The number of carbonyl (C=O) groups is 1. The number of alkyl carbamates (subject to hydrolysis) is 1. The molecule has 0 bridgehead atoms. The molecule has 4 atom stereocenters. The third-order valence-electron chi connectivity index (χ3n) is 5.99. The fourth-order valence-corrected chi connectivity index (χ4v) is 4.93. The molecule has 8 heteroatoms. The number of ether oxygens (including phenoxy) is 3. The van der Waals surface area contributed by atoms with E-state index in [2.05, 4.69) is 48.0 Å². The number of fused-ring (bicyclic) bond motifs is 1. The number of thiocarbonyl (C=S) groups is 1. The van der Waals surface area contributed by atoms with Gasteiger partial charge in [-0.05, 0) is 62.2 Å². The minimum absolute atomic E-state index is 0.0871. The first kappa shape index (κ1) is 21.3. The first-order chi connectivity index (χ1) is 14.5. The summed E-state index contributed by atoms with van der Waals surface area (Å²) in [6.45, 7) is 4.90. The Morgan fingerprint density at radius 1 is 1.00 bits per heavy atom. The molecule has 0 radical (unpaired) electrons. The van der Waals surface area contributed by atoms with Gasteiger partial charge < -0.3 is 30.2 Å². The molecule has 3 aliphatic rings. The molecule has 1 saturated carbocycles. The van der Waals surface area contributed by atoms with Crippen molar-refractivity contribution in [3.05, 3.63) is 29.3 Å². The van der Waals surface area contributed by atoms with Crippen LogP contribution in [0.2, 0.25) is 0 Å². The zero-order valence-corrected chi connectivity index (χ0v) is 18.4. The summed E-state index contributed by atoms with van der Waals surface area (Å²) in [7, 11) is 0. The molecule has 2 heterocycles. The van der Waals surface area contributed by atoms with Gasteiger partial charge in [0.15, 0.2) is 11.2 Å². The van der Waals surface area contributed by atoms with Gasteiger partial charge in [0.05, 0.1) is 19.3 Å². The van der Waals surface area contributed by atoms with E-state index in [1.54, 1.807) is 0 Å². The van der Waals surface area contributed by atoms with Gasteiger partial charge in [-0.2, -0.15) is 0 Å². The maximum Gasteiger partial charge on any atom is 0.407 e. The maximum absolute atomic E-state index is 12.3. The average molecular weight is 434 g/mol. The summed E-state index contributed by atoms with van der Waals surface area (Å²) in [4.78, 5) is 12.3. The predicted molar refractivity (Wildman–Crippen MR) is 119 cm³/mol. The van der Waals surface area contributed by atoms with Crippen molar-refractivity contribution in [3.63, 3.8) is 0 Å². The number of hydrogen-bond acceptors (Lipinski definition) is 5. The van der Waals surface area contributed by atoms with Crippen LogP contribution in [-0.2, 0) is 14.2 Å². The summed E-state index contributed by atoms with van der Waals surface area (Å²) in [5, 5.41) is 10.0. The van der Waals surface area contributed by atoms with Crippen LogP contribution in [0, 0.1) is 13.8 Å². The normalized spacial score (nSPS) is 28.6. The van der Waals surface area contributed by atoms with Gasteiger partial charge in [-0.25, -0.2) is 4.79 Å². The number of benzene rings is 1. The Morgan fingerprint density at radius 2 is 1.70 bits per heavy atom. The average Bonchev–Trinajstić information content (AvgIpc) is 3.25. The van der Waals surface area contributed by atoms with Crippen LogP contribution in [0.4, 0.5) is 10.5 Å². The number of carbonyl (C=O) groups excluding carboxylic acids is 1. The molecule has 7 nitrogen and oxygen atoms in total. The SMILES string of the molecule is Cc1cc(C)cc(NC(=S)N[C@@H]2CO[C@@H]3[C@@H]2OC[C@H]3OC(=O)NC2CCCCC2)c1. The number of anilines is 1. The van der Waals surface area contributed by atoms with E-state index in [4.69, 9.17) is 26.4 Å². The van der Waals surface area contributed by atoms with Crippen LogP contribution in [0.5, 0.6) is 0 Å². The molecule has 0 aromatic heterocycles. The zero-order chi connectivity index (χ0) is 21.1. The number of aryl methyl sites for hydroxylation is 2. The molecule has 30 heavy (non-hydrogen) atoms. The first-order valence-corrected chi connectivity index (χ1v) is 11.2. The van der Waals surface area contributed by atoms with E-state index in [-0.39, 0.29) is 30.4 Å². The Hall–Kier alpha value is -1.90. The largest absolute Gasteiger partial charge is 0.441 e. The highest BCUT2D eigenvalue weighted by Crippen LogP contribution is 2.29. The standard InChI is InChI=1S/C22H31N3O4S/c1-13-8-14(2)10-16(9-13)23-21(30)25-17-11-27-20-18(12-28-19(17)20)29-22(26)24-15-6-4-3-5-7-15/h8-10,15,17-20H,3-7,11-12H2,1-2H3,(H,24,26)(H2,23,25,30)/t17-,18-,19-,20+/m1/s1. The third-order valence-corrected chi connectivity index (χ3v) is 6.21. The van der Waals surface area contributed by atoms with Gasteiger partial charge >= 0.3 is 6.09 Å². The van der Waals surface area contributed by atoms with Gasteiger partial charge in [-0.1, -0.05) is 25.3 Å². The number of nitrogens with one attached hydrogen (secondary N) is 3. The second-order valence-electron chi connectivity index (χ2n) is 8.60. The van der Waals surface area contributed by atoms with Gasteiger partial charge in [0.2, 0.25) is 0 Å². The summed E-state index contributed by atoms with van der Waals surface area (Å²) in [6, 6.07) is 6.35. The van der Waals surface area contributed by atoms with Crippen LogP contribution in [0.1, 0.15) is 43.2 Å². The Bertz CT molecular complexity index is 763. The van der Waals surface area contributed by atoms with E-state index < -0.39 is 6.10 Å². The van der Waals surface area contributed by atoms with E-state index in [9.17, 15) is 4.79 Å². The van der Waals surface area contributed by atoms with E-state index in [0.717, 1.165) is 31.4 Å². The van der Waals surface area contributed by atoms with E-state index >= 15 is 0 Å². The fraction of sp³-hybridized carbons (Fsp3) is 0.636. The molecular formula is C22H31N3O4S. The second-order valence-corrected chi connectivity index (χ2v) is 9.01. The van der Waals surface area contributed by atoms with Crippen molar-refractivity contribution in [2.75, 3.05) is 18.5 Å². The van der Waals surface area contributed by atoms with Crippen molar-refractivity contribution in [1.29, 1.82) is 0 Å². The molecule has 0 unspecified atom stereocenters. The van der Waals surface area contributed by atoms with Crippen LogP contribution >= 0.6 is 12.2 Å². The monoisotopic (exact) mass is 433 g/mol. The fourth-order valence-electron chi connectivity index (χ4n) is 4.66. The summed E-state index contributed by atoms with van der Waals surface area (Å²) < 4.78 is 17.4. The van der Waals surface area contributed by atoms with Gasteiger partial charge in [0, 0.05) is 11.7 Å². The highest BCUT2D eigenvalue weighted by Gasteiger charge is 2.49. The van der Waals surface area contributed by atoms with Crippen LogP contribution in [0.25, 0.3) is 0 Å². The molecule has 1 aliphatic carbocycles. The second kappa shape index (κ2) is 9.49. The topological polar surface area (TPSA) is 80.8 Å². The molecule has 0 spiro atoms. The van der Waals surface area contributed by atoms with E-state index in [1.165, 1.54) is 17.5 Å². The Labute approximate surface area is 183 Å². The van der Waals surface area contributed by atoms with Crippen molar-refractivity contribution in [2.45, 2.75) is 76.3 Å². The molecule has 2 saturated heterocycles. The van der Waals surface area contributed by atoms with E-state index in [0.29, 0.717) is 18.3 Å². The lowest BCUT2D eigenvalue weighted by atomic mass is 9.96. The van der Waals surface area contributed by atoms with Crippen LogP contribution in [-0.4, -0.2) is 54.8 Å². The molecule has 2 aliphatic heterocycles. The van der Waals surface area contributed by atoms with Gasteiger partial charge in [-0.3, -0.25) is 0 Å². The highest BCUT2D eigenvalue weighted by molar-refractivity contribution is 7.80. The van der Waals surface area contributed by atoms with Crippen molar-refractivity contribution in [3.8, 4) is 0 Å². The Balaban J connectivity index is 1.26.